The highest BCUT2D eigenvalue weighted by molar-refractivity contribution is 7.20. The predicted molar refractivity (Wildman–Crippen MR) is 115 cm³/mol. The Hall–Kier alpha value is -3.50. The van der Waals surface area contributed by atoms with E-state index >= 15 is 0 Å². The molecule has 4 heterocycles. The van der Waals surface area contributed by atoms with Crippen LogP contribution in [-0.4, -0.2) is 32.4 Å². The standard InChI is InChI=1S/C20H13N5O3S2/c1-10-4-18(23-19(26)11-2-3-12-16(5-11)29-8-21-12)25(24-10)20-22-13-6-14-15(28-9-27-14)7-17(13)30-20/h2-8H,9H2,1H3,(H,23,26). The van der Waals surface area contributed by atoms with E-state index in [2.05, 4.69) is 20.4 Å². The molecule has 148 valence electrons. The third-order valence-electron chi connectivity index (χ3n) is 4.72. The molecule has 6 rings (SSSR count). The van der Waals surface area contributed by atoms with Crippen molar-refractivity contribution in [1.29, 1.82) is 0 Å². The molecule has 5 aromatic rings. The first-order valence-electron chi connectivity index (χ1n) is 9.06. The Balaban J connectivity index is 1.36. The molecule has 0 saturated carbocycles. The summed E-state index contributed by atoms with van der Waals surface area (Å²) < 4.78 is 14.5. The van der Waals surface area contributed by atoms with Gasteiger partial charge in [-0.1, -0.05) is 11.3 Å². The number of carbonyl (C=O) groups is 1. The van der Waals surface area contributed by atoms with E-state index in [1.54, 1.807) is 16.3 Å². The normalized spacial score (nSPS) is 12.7. The molecule has 0 fully saturated rings. The van der Waals surface area contributed by atoms with Gasteiger partial charge < -0.3 is 14.8 Å². The van der Waals surface area contributed by atoms with E-state index in [9.17, 15) is 4.79 Å². The first-order valence-corrected chi connectivity index (χ1v) is 10.8. The molecule has 1 aliphatic heterocycles. The number of fused-ring (bicyclic) bond motifs is 3. The zero-order valence-corrected chi connectivity index (χ0v) is 17.2. The summed E-state index contributed by atoms with van der Waals surface area (Å²) in [4.78, 5) is 21.8. The van der Waals surface area contributed by atoms with Gasteiger partial charge in [0.2, 0.25) is 11.9 Å². The van der Waals surface area contributed by atoms with Crippen LogP contribution in [0.1, 0.15) is 16.1 Å². The molecule has 0 unspecified atom stereocenters. The number of benzene rings is 2. The van der Waals surface area contributed by atoms with Crippen LogP contribution < -0.4 is 14.8 Å². The van der Waals surface area contributed by atoms with Gasteiger partial charge in [-0.15, -0.1) is 11.3 Å². The van der Waals surface area contributed by atoms with Crippen molar-refractivity contribution in [3.8, 4) is 16.6 Å². The molecule has 2 aromatic carbocycles. The number of aromatic nitrogens is 4. The molecule has 1 aliphatic rings. The third kappa shape index (κ3) is 2.80. The second kappa shape index (κ2) is 6.51. The number of aryl methyl sites for hydroxylation is 1. The average Bonchev–Trinajstić information content (AvgIpc) is 3.51. The Morgan fingerprint density at radius 1 is 1.10 bits per heavy atom. The number of amides is 1. The first kappa shape index (κ1) is 17.4. The third-order valence-corrected chi connectivity index (χ3v) is 6.50. The van der Waals surface area contributed by atoms with Gasteiger partial charge >= 0.3 is 0 Å². The lowest BCUT2D eigenvalue weighted by molar-refractivity contribution is 0.102. The van der Waals surface area contributed by atoms with Gasteiger partial charge in [0.15, 0.2) is 11.5 Å². The van der Waals surface area contributed by atoms with Crippen LogP contribution in [-0.2, 0) is 0 Å². The Morgan fingerprint density at radius 3 is 2.87 bits per heavy atom. The van der Waals surface area contributed by atoms with E-state index in [1.165, 1.54) is 22.7 Å². The fraction of sp³-hybridized carbons (Fsp3) is 0.100. The van der Waals surface area contributed by atoms with Gasteiger partial charge in [-0.05, 0) is 25.1 Å². The maximum atomic E-state index is 12.9. The summed E-state index contributed by atoms with van der Waals surface area (Å²) in [5.41, 5.74) is 4.78. The van der Waals surface area contributed by atoms with E-state index in [0.717, 1.165) is 26.1 Å². The molecule has 0 spiro atoms. The highest BCUT2D eigenvalue weighted by atomic mass is 32.1. The van der Waals surface area contributed by atoms with Crippen LogP contribution in [0.5, 0.6) is 11.5 Å². The summed E-state index contributed by atoms with van der Waals surface area (Å²) in [6, 6.07) is 11.1. The van der Waals surface area contributed by atoms with Gasteiger partial charge in [0, 0.05) is 23.8 Å². The predicted octanol–water partition coefficient (Wildman–Crippen LogP) is 4.38. The van der Waals surface area contributed by atoms with Crippen molar-refractivity contribution in [3.63, 3.8) is 0 Å². The molecule has 0 saturated heterocycles. The Bertz CT molecular complexity index is 1410. The van der Waals surface area contributed by atoms with Crippen molar-refractivity contribution < 1.29 is 14.3 Å². The topological polar surface area (TPSA) is 91.2 Å². The molecule has 0 atom stereocenters. The van der Waals surface area contributed by atoms with E-state index in [0.29, 0.717) is 28.0 Å². The maximum absolute atomic E-state index is 12.9. The Kier molecular flexibility index (Phi) is 3.77. The number of rotatable bonds is 3. The number of anilines is 1. The minimum Gasteiger partial charge on any atom is -0.454 e. The van der Waals surface area contributed by atoms with Crippen LogP contribution in [0, 0.1) is 6.92 Å². The molecular weight excluding hydrogens is 422 g/mol. The molecule has 1 amide bonds. The van der Waals surface area contributed by atoms with Crippen molar-refractivity contribution in [2.45, 2.75) is 6.92 Å². The minimum absolute atomic E-state index is 0.215. The molecular formula is C20H13N5O3S2. The zero-order chi connectivity index (χ0) is 20.2. The Morgan fingerprint density at radius 2 is 1.97 bits per heavy atom. The van der Waals surface area contributed by atoms with Gasteiger partial charge in [-0.3, -0.25) is 4.79 Å². The lowest BCUT2D eigenvalue weighted by Crippen LogP contribution is -2.15. The summed E-state index contributed by atoms with van der Waals surface area (Å²) in [6.45, 7) is 2.10. The van der Waals surface area contributed by atoms with Crippen LogP contribution in [0.15, 0.2) is 41.9 Å². The number of nitrogens with one attached hydrogen (secondary N) is 1. The maximum Gasteiger partial charge on any atom is 0.256 e. The molecule has 1 N–H and O–H groups in total. The summed E-state index contributed by atoms with van der Waals surface area (Å²) in [6.07, 6.45) is 0. The molecule has 8 nitrogen and oxygen atoms in total. The highest BCUT2D eigenvalue weighted by Crippen LogP contribution is 2.39. The number of carbonyl (C=O) groups excluding carboxylic acids is 1. The molecule has 0 aliphatic carbocycles. The van der Waals surface area contributed by atoms with Crippen LogP contribution in [0.2, 0.25) is 0 Å². The van der Waals surface area contributed by atoms with Gasteiger partial charge in [0.25, 0.3) is 5.91 Å². The number of ether oxygens (including phenoxy) is 2. The van der Waals surface area contributed by atoms with Crippen molar-refractivity contribution in [3.05, 3.63) is 53.2 Å². The number of hydrogen-bond acceptors (Lipinski definition) is 8. The molecule has 0 bridgehead atoms. The highest BCUT2D eigenvalue weighted by Gasteiger charge is 2.19. The van der Waals surface area contributed by atoms with E-state index < -0.39 is 0 Å². The van der Waals surface area contributed by atoms with Crippen molar-refractivity contribution in [2.75, 3.05) is 12.1 Å². The van der Waals surface area contributed by atoms with Crippen molar-refractivity contribution in [2.24, 2.45) is 0 Å². The number of hydrogen-bond donors (Lipinski definition) is 1. The van der Waals surface area contributed by atoms with E-state index in [4.69, 9.17) is 9.47 Å². The van der Waals surface area contributed by atoms with Gasteiger partial charge in [-0.25, -0.2) is 9.97 Å². The van der Waals surface area contributed by atoms with Gasteiger partial charge in [-0.2, -0.15) is 9.78 Å². The number of thiazole rings is 2. The lowest BCUT2D eigenvalue weighted by atomic mass is 10.2. The molecule has 30 heavy (non-hydrogen) atoms. The van der Waals surface area contributed by atoms with Crippen molar-refractivity contribution >= 4 is 54.8 Å². The van der Waals surface area contributed by atoms with E-state index in [1.807, 2.05) is 37.3 Å². The fourth-order valence-corrected chi connectivity index (χ4v) is 4.97. The SMILES string of the molecule is Cc1cc(NC(=O)c2ccc3ncsc3c2)n(-c2nc3cc4c(cc3s2)OCO4)n1. The quantitative estimate of drug-likeness (QED) is 0.452. The van der Waals surface area contributed by atoms with Crippen LogP contribution in [0.4, 0.5) is 5.82 Å². The first-order chi connectivity index (χ1) is 14.6. The molecule has 10 heteroatoms. The smallest absolute Gasteiger partial charge is 0.256 e. The molecule has 3 aromatic heterocycles. The summed E-state index contributed by atoms with van der Waals surface area (Å²) in [7, 11) is 0. The van der Waals surface area contributed by atoms with E-state index in [-0.39, 0.29) is 12.7 Å². The summed E-state index contributed by atoms with van der Waals surface area (Å²) in [5, 5.41) is 8.13. The monoisotopic (exact) mass is 435 g/mol. The largest absolute Gasteiger partial charge is 0.454 e. The summed E-state index contributed by atoms with van der Waals surface area (Å²) in [5.74, 6) is 1.73. The van der Waals surface area contributed by atoms with Gasteiger partial charge in [0.1, 0.15) is 5.82 Å². The second-order valence-corrected chi connectivity index (χ2v) is 8.64. The zero-order valence-electron chi connectivity index (χ0n) is 15.6. The summed E-state index contributed by atoms with van der Waals surface area (Å²) >= 11 is 2.97. The van der Waals surface area contributed by atoms with Crippen LogP contribution in [0.3, 0.4) is 0 Å². The second-order valence-electron chi connectivity index (χ2n) is 6.74. The van der Waals surface area contributed by atoms with Crippen molar-refractivity contribution in [1.82, 2.24) is 19.7 Å². The Labute approximate surface area is 177 Å². The number of nitrogens with zero attached hydrogens (tertiary/aromatic N) is 4. The lowest BCUT2D eigenvalue weighted by Gasteiger charge is -2.06. The van der Waals surface area contributed by atoms with Gasteiger partial charge in [0.05, 0.1) is 31.6 Å². The van der Waals surface area contributed by atoms with Crippen LogP contribution >= 0.6 is 22.7 Å². The fourth-order valence-electron chi connectivity index (χ4n) is 3.32. The molecule has 0 radical (unpaired) electrons. The van der Waals surface area contributed by atoms with Crippen LogP contribution in [0.25, 0.3) is 25.6 Å². The average molecular weight is 435 g/mol. The minimum atomic E-state index is -0.215.